The second kappa shape index (κ2) is 4.71. The summed E-state index contributed by atoms with van der Waals surface area (Å²) in [5.41, 5.74) is 3.46. The van der Waals surface area contributed by atoms with E-state index in [0.717, 1.165) is 19.4 Å². The SMILES string of the molecule is OCC1(CNn2cccc2)CCCCC1. The summed E-state index contributed by atoms with van der Waals surface area (Å²) in [5.74, 6) is 0. The molecule has 0 bridgehead atoms. The molecule has 1 aromatic rings. The van der Waals surface area contributed by atoms with E-state index in [1.54, 1.807) is 0 Å². The predicted molar refractivity (Wildman–Crippen MR) is 61.3 cm³/mol. The van der Waals surface area contributed by atoms with Gasteiger partial charge in [0.1, 0.15) is 0 Å². The largest absolute Gasteiger partial charge is 0.396 e. The van der Waals surface area contributed by atoms with Crippen LogP contribution < -0.4 is 5.43 Å². The Balaban J connectivity index is 1.89. The zero-order valence-electron chi connectivity index (χ0n) is 9.15. The van der Waals surface area contributed by atoms with Gasteiger partial charge in [0.05, 0.1) is 6.61 Å². The van der Waals surface area contributed by atoms with Crippen molar-refractivity contribution in [2.24, 2.45) is 5.41 Å². The van der Waals surface area contributed by atoms with E-state index in [0.29, 0.717) is 6.61 Å². The molecule has 1 heterocycles. The highest BCUT2D eigenvalue weighted by Crippen LogP contribution is 2.35. The molecule has 84 valence electrons. The average Bonchev–Trinajstić information content (AvgIpc) is 2.81. The van der Waals surface area contributed by atoms with E-state index in [4.69, 9.17) is 0 Å². The summed E-state index contributed by atoms with van der Waals surface area (Å²) in [5, 5.41) is 9.52. The van der Waals surface area contributed by atoms with Crippen molar-refractivity contribution in [3.05, 3.63) is 24.5 Å². The summed E-state index contributed by atoms with van der Waals surface area (Å²) in [7, 11) is 0. The molecule has 3 heteroatoms. The van der Waals surface area contributed by atoms with Crippen molar-refractivity contribution in [2.75, 3.05) is 18.6 Å². The fraction of sp³-hybridized carbons (Fsp3) is 0.667. The highest BCUT2D eigenvalue weighted by molar-refractivity contribution is 4.96. The second-order valence-electron chi connectivity index (χ2n) is 4.64. The molecule has 3 nitrogen and oxygen atoms in total. The summed E-state index contributed by atoms with van der Waals surface area (Å²) in [4.78, 5) is 0. The fourth-order valence-corrected chi connectivity index (χ4v) is 2.39. The van der Waals surface area contributed by atoms with Crippen molar-refractivity contribution >= 4 is 0 Å². The molecule has 0 saturated heterocycles. The summed E-state index contributed by atoms with van der Waals surface area (Å²) in [6.07, 6.45) is 10.1. The summed E-state index contributed by atoms with van der Waals surface area (Å²) in [6.45, 7) is 1.18. The molecule has 15 heavy (non-hydrogen) atoms. The smallest absolute Gasteiger partial charge is 0.0504 e. The lowest BCUT2D eigenvalue weighted by Gasteiger charge is -2.36. The van der Waals surface area contributed by atoms with Gasteiger partial charge in [-0.05, 0) is 25.0 Å². The minimum absolute atomic E-state index is 0.114. The van der Waals surface area contributed by atoms with Gasteiger partial charge in [0, 0.05) is 24.4 Å². The van der Waals surface area contributed by atoms with Gasteiger partial charge in [0.2, 0.25) is 0 Å². The fourth-order valence-electron chi connectivity index (χ4n) is 2.39. The van der Waals surface area contributed by atoms with Gasteiger partial charge in [-0.15, -0.1) is 0 Å². The van der Waals surface area contributed by atoms with Crippen LogP contribution in [0.2, 0.25) is 0 Å². The van der Waals surface area contributed by atoms with E-state index in [-0.39, 0.29) is 5.41 Å². The van der Waals surface area contributed by atoms with Crippen molar-refractivity contribution in [3.8, 4) is 0 Å². The van der Waals surface area contributed by atoms with Crippen LogP contribution >= 0.6 is 0 Å². The van der Waals surface area contributed by atoms with Crippen LogP contribution in [0.15, 0.2) is 24.5 Å². The van der Waals surface area contributed by atoms with Crippen LogP contribution in [-0.2, 0) is 0 Å². The van der Waals surface area contributed by atoms with Crippen LogP contribution in [0.3, 0.4) is 0 Å². The van der Waals surface area contributed by atoms with Gasteiger partial charge in [0.15, 0.2) is 0 Å². The number of aliphatic hydroxyl groups excluding tert-OH is 1. The lowest BCUT2D eigenvalue weighted by Crippen LogP contribution is -2.37. The molecule has 0 amide bonds. The van der Waals surface area contributed by atoms with Gasteiger partial charge in [-0.2, -0.15) is 0 Å². The van der Waals surface area contributed by atoms with Gasteiger partial charge >= 0.3 is 0 Å². The van der Waals surface area contributed by atoms with Crippen LogP contribution in [0.25, 0.3) is 0 Å². The molecule has 0 unspecified atom stereocenters. The molecule has 1 aliphatic carbocycles. The minimum atomic E-state index is 0.114. The maximum atomic E-state index is 9.52. The summed E-state index contributed by atoms with van der Waals surface area (Å²) in [6, 6.07) is 4.00. The van der Waals surface area contributed by atoms with E-state index < -0.39 is 0 Å². The lowest BCUT2D eigenvalue weighted by molar-refractivity contribution is 0.0918. The number of aliphatic hydroxyl groups is 1. The van der Waals surface area contributed by atoms with Crippen LogP contribution in [0.5, 0.6) is 0 Å². The Morgan fingerprint density at radius 3 is 2.40 bits per heavy atom. The Bertz CT molecular complexity index is 276. The molecule has 1 aliphatic rings. The van der Waals surface area contributed by atoms with Crippen LogP contribution in [0.1, 0.15) is 32.1 Å². The van der Waals surface area contributed by atoms with Crippen LogP contribution in [0, 0.1) is 5.41 Å². The Kier molecular flexibility index (Phi) is 3.31. The monoisotopic (exact) mass is 208 g/mol. The van der Waals surface area contributed by atoms with Gasteiger partial charge in [0.25, 0.3) is 0 Å². The van der Waals surface area contributed by atoms with E-state index in [9.17, 15) is 5.11 Å². The molecule has 2 rings (SSSR count). The number of hydrogen-bond acceptors (Lipinski definition) is 2. The highest BCUT2D eigenvalue weighted by atomic mass is 16.3. The third-order valence-electron chi connectivity index (χ3n) is 3.49. The zero-order valence-corrected chi connectivity index (χ0v) is 9.15. The Labute approximate surface area is 91.1 Å². The van der Waals surface area contributed by atoms with E-state index >= 15 is 0 Å². The summed E-state index contributed by atoms with van der Waals surface area (Å²) < 4.78 is 1.96. The molecular formula is C12H20N2O. The first-order valence-electron chi connectivity index (χ1n) is 5.82. The quantitative estimate of drug-likeness (QED) is 0.794. The Morgan fingerprint density at radius 2 is 1.80 bits per heavy atom. The second-order valence-corrected chi connectivity index (χ2v) is 4.64. The molecule has 0 radical (unpaired) electrons. The van der Waals surface area contributed by atoms with E-state index in [1.807, 2.05) is 29.2 Å². The molecule has 1 fully saturated rings. The zero-order chi connectivity index (χ0) is 10.6. The third kappa shape index (κ3) is 2.53. The van der Waals surface area contributed by atoms with Crippen molar-refractivity contribution in [2.45, 2.75) is 32.1 Å². The van der Waals surface area contributed by atoms with Gasteiger partial charge < -0.3 is 10.5 Å². The van der Waals surface area contributed by atoms with Crippen LogP contribution in [0.4, 0.5) is 0 Å². The van der Waals surface area contributed by atoms with E-state index in [2.05, 4.69) is 5.43 Å². The standard InChI is InChI=1S/C12H20N2O/c15-11-12(6-2-1-3-7-12)10-13-14-8-4-5-9-14/h4-5,8-9,13,15H,1-3,6-7,10-11H2. The summed E-state index contributed by atoms with van der Waals surface area (Å²) >= 11 is 0. The molecule has 0 spiro atoms. The molecule has 2 N–H and O–H groups in total. The Morgan fingerprint density at radius 1 is 1.13 bits per heavy atom. The third-order valence-corrected chi connectivity index (χ3v) is 3.49. The van der Waals surface area contributed by atoms with Crippen molar-refractivity contribution in [1.29, 1.82) is 0 Å². The number of rotatable bonds is 4. The van der Waals surface area contributed by atoms with Gasteiger partial charge in [-0.3, -0.25) is 4.68 Å². The molecule has 1 saturated carbocycles. The maximum absolute atomic E-state index is 9.52. The number of aromatic nitrogens is 1. The van der Waals surface area contributed by atoms with Gasteiger partial charge in [-0.25, -0.2) is 0 Å². The molecule has 0 atom stereocenters. The normalized spacial score (nSPS) is 20.1. The molecule has 0 aliphatic heterocycles. The van der Waals surface area contributed by atoms with Crippen LogP contribution in [-0.4, -0.2) is 22.9 Å². The van der Waals surface area contributed by atoms with Crippen molar-refractivity contribution in [3.63, 3.8) is 0 Å². The molecular weight excluding hydrogens is 188 g/mol. The molecule has 1 aromatic heterocycles. The first-order valence-corrected chi connectivity index (χ1v) is 5.82. The first kappa shape index (κ1) is 10.6. The maximum Gasteiger partial charge on any atom is 0.0504 e. The Hall–Kier alpha value is -0.960. The molecule has 0 aromatic carbocycles. The predicted octanol–water partition coefficient (Wildman–Crippen LogP) is 1.97. The topological polar surface area (TPSA) is 37.2 Å². The minimum Gasteiger partial charge on any atom is -0.396 e. The van der Waals surface area contributed by atoms with Crippen molar-refractivity contribution in [1.82, 2.24) is 4.68 Å². The number of hydrogen-bond donors (Lipinski definition) is 2. The first-order chi connectivity index (χ1) is 7.35. The van der Waals surface area contributed by atoms with Crippen molar-refractivity contribution < 1.29 is 5.11 Å². The average molecular weight is 208 g/mol. The number of nitrogens with one attached hydrogen (secondary N) is 1. The highest BCUT2D eigenvalue weighted by Gasteiger charge is 2.31. The van der Waals surface area contributed by atoms with E-state index in [1.165, 1.54) is 19.3 Å². The van der Waals surface area contributed by atoms with Gasteiger partial charge in [-0.1, -0.05) is 19.3 Å². The lowest BCUT2D eigenvalue weighted by atomic mass is 9.75. The number of nitrogens with zero attached hydrogens (tertiary/aromatic N) is 1.